The number of rotatable bonds is 6. The maximum absolute atomic E-state index is 8.82. The SMILES string of the molecule is Cc1nc(NCCO)cc(NCc2ccccc2Br)n1. The van der Waals surface area contributed by atoms with Gasteiger partial charge in [0.05, 0.1) is 6.61 Å². The molecular formula is C14H17BrN4O. The van der Waals surface area contributed by atoms with Gasteiger partial charge in [-0.1, -0.05) is 34.1 Å². The van der Waals surface area contributed by atoms with Crippen LogP contribution in [0.25, 0.3) is 0 Å². The summed E-state index contributed by atoms with van der Waals surface area (Å²) in [6, 6.07) is 9.88. The van der Waals surface area contributed by atoms with Gasteiger partial charge >= 0.3 is 0 Å². The van der Waals surface area contributed by atoms with Crippen molar-refractivity contribution in [1.29, 1.82) is 0 Å². The zero-order valence-corrected chi connectivity index (χ0v) is 12.8. The normalized spacial score (nSPS) is 10.3. The molecule has 0 saturated heterocycles. The van der Waals surface area contributed by atoms with Gasteiger partial charge in [0.1, 0.15) is 17.5 Å². The average Bonchev–Trinajstić information content (AvgIpc) is 2.44. The van der Waals surface area contributed by atoms with Crippen molar-refractivity contribution in [1.82, 2.24) is 9.97 Å². The van der Waals surface area contributed by atoms with Gasteiger partial charge in [-0.2, -0.15) is 0 Å². The lowest BCUT2D eigenvalue weighted by Crippen LogP contribution is -2.10. The predicted octanol–water partition coefficient (Wildman–Crippen LogP) is 2.56. The van der Waals surface area contributed by atoms with Crippen molar-refractivity contribution >= 4 is 27.6 Å². The summed E-state index contributed by atoms with van der Waals surface area (Å²) in [7, 11) is 0. The quantitative estimate of drug-likeness (QED) is 0.756. The number of halogens is 1. The van der Waals surface area contributed by atoms with Gasteiger partial charge < -0.3 is 15.7 Å². The first-order chi connectivity index (χ1) is 9.69. The van der Waals surface area contributed by atoms with Gasteiger partial charge in [-0.25, -0.2) is 9.97 Å². The molecule has 6 heteroatoms. The Hall–Kier alpha value is -1.66. The van der Waals surface area contributed by atoms with Crippen LogP contribution in [-0.4, -0.2) is 28.2 Å². The van der Waals surface area contributed by atoms with Gasteiger partial charge in [-0.3, -0.25) is 0 Å². The molecule has 2 aromatic rings. The number of nitrogens with one attached hydrogen (secondary N) is 2. The molecule has 0 bridgehead atoms. The second kappa shape index (κ2) is 7.21. The number of hydrogen-bond donors (Lipinski definition) is 3. The number of hydrogen-bond acceptors (Lipinski definition) is 5. The number of aryl methyl sites for hydroxylation is 1. The molecule has 0 spiro atoms. The van der Waals surface area contributed by atoms with Crippen molar-refractivity contribution in [3.63, 3.8) is 0 Å². The average molecular weight is 337 g/mol. The number of anilines is 2. The van der Waals surface area contributed by atoms with E-state index in [1.807, 2.05) is 31.2 Å². The van der Waals surface area contributed by atoms with Crippen LogP contribution in [0.4, 0.5) is 11.6 Å². The summed E-state index contributed by atoms with van der Waals surface area (Å²) < 4.78 is 1.07. The van der Waals surface area contributed by atoms with Crippen molar-refractivity contribution in [3.05, 3.63) is 46.2 Å². The summed E-state index contributed by atoms with van der Waals surface area (Å²) in [5.41, 5.74) is 1.16. The van der Waals surface area contributed by atoms with E-state index in [9.17, 15) is 0 Å². The first kappa shape index (κ1) is 14.7. The Labute approximate surface area is 126 Å². The van der Waals surface area contributed by atoms with E-state index in [0.29, 0.717) is 24.7 Å². The zero-order valence-electron chi connectivity index (χ0n) is 11.2. The van der Waals surface area contributed by atoms with Crippen molar-refractivity contribution in [2.75, 3.05) is 23.8 Å². The van der Waals surface area contributed by atoms with Gasteiger partial charge in [-0.15, -0.1) is 0 Å². The first-order valence-electron chi connectivity index (χ1n) is 6.36. The molecule has 1 aromatic heterocycles. The third kappa shape index (κ3) is 4.18. The molecule has 0 saturated carbocycles. The molecule has 0 aliphatic rings. The first-order valence-corrected chi connectivity index (χ1v) is 7.16. The van der Waals surface area contributed by atoms with Crippen molar-refractivity contribution in [2.24, 2.45) is 0 Å². The second-order valence-corrected chi connectivity index (χ2v) is 5.14. The van der Waals surface area contributed by atoms with Gasteiger partial charge in [-0.05, 0) is 18.6 Å². The molecule has 0 unspecified atom stereocenters. The molecule has 0 fully saturated rings. The number of aromatic nitrogens is 2. The van der Waals surface area contributed by atoms with Gasteiger partial charge in [0, 0.05) is 23.6 Å². The third-order valence-corrected chi connectivity index (χ3v) is 3.45. The highest BCUT2D eigenvalue weighted by atomic mass is 79.9. The van der Waals surface area contributed by atoms with Crippen LogP contribution in [-0.2, 0) is 6.54 Å². The summed E-state index contributed by atoms with van der Waals surface area (Å²) >= 11 is 3.52. The number of aliphatic hydroxyl groups is 1. The Balaban J connectivity index is 2.05. The Kier molecular flexibility index (Phi) is 5.31. The monoisotopic (exact) mass is 336 g/mol. The summed E-state index contributed by atoms with van der Waals surface area (Å²) in [6.07, 6.45) is 0. The summed E-state index contributed by atoms with van der Waals surface area (Å²) in [4.78, 5) is 8.61. The lowest BCUT2D eigenvalue weighted by molar-refractivity contribution is 0.311. The number of benzene rings is 1. The second-order valence-electron chi connectivity index (χ2n) is 4.28. The topological polar surface area (TPSA) is 70.1 Å². The molecule has 0 radical (unpaired) electrons. The molecule has 0 aliphatic carbocycles. The molecule has 2 rings (SSSR count). The fourth-order valence-electron chi connectivity index (χ4n) is 1.76. The van der Waals surface area contributed by atoms with Gasteiger partial charge in [0.15, 0.2) is 0 Å². The Morgan fingerprint density at radius 3 is 2.55 bits per heavy atom. The van der Waals surface area contributed by atoms with Crippen LogP contribution in [0.1, 0.15) is 11.4 Å². The summed E-state index contributed by atoms with van der Waals surface area (Å²) in [5.74, 6) is 2.15. The highest BCUT2D eigenvalue weighted by Crippen LogP contribution is 2.18. The van der Waals surface area contributed by atoms with Crippen LogP contribution in [0.3, 0.4) is 0 Å². The fourth-order valence-corrected chi connectivity index (χ4v) is 2.19. The fraction of sp³-hybridized carbons (Fsp3) is 0.286. The third-order valence-electron chi connectivity index (χ3n) is 2.67. The molecule has 20 heavy (non-hydrogen) atoms. The maximum Gasteiger partial charge on any atom is 0.132 e. The minimum atomic E-state index is 0.0722. The van der Waals surface area contributed by atoms with E-state index in [1.165, 1.54) is 0 Å². The molecule has 0 atom stereocenters. The summed E-state index contributed by atoms with van der Waals surface area (Å²) in [5, 5.41) is 15.1. The molecular weight excluding hydrogens is 320 g/mol. The maximum atomic E-state index is 8.82. The Morgan fingerprint density at radius 1 is 1.15 bits per heavy atom. The molecule has 106 valence electrons. The number of aliphatic hydroxyl groups excluding tert-OH is 1. The molecule has 5 nitrogen and oxygen atoms in total. The zero-order chi connectivity index (χ0) is 14.4. The largest absolute Gasteiger partial charge is 0.395 e. The lowest BCUT2D eigenvalue weighted by atomic mass is 10.2. The van der Waals surface area contributed by atoms with Crippen LogP contribution in [0.2, 0.25) is 0 Å². The van der Waals surface area contributed by atoms with Crippen molar-refractivity contribution < 1.29 is 5.11 Å². The van der Waals surface area contributed by atoms with E-state index in [-0.39, 0.29) is 6.61 Å². The summed E-state index contributed by atoms with van der Waals surface area (Å²) in [6.45, 7) is 3.06. The van der Waals surface area contributed by atoms with Crippen LogP contribution in [0.15, 0.2) is 34.8 Å². The molecule has 0 aliphatic heterocycles. The molecule has 1 aromatic carbocycles. The van der Waals surface area contributed by atoms with Crippen LogP contribution in [0, 0.1) is 6.92 Å². The number of nitrogens with zero attached hydrogens (tertiary/aromatic N) is 2. The van der Waals surface area contributed by atoms with Crippen molar-refractivity contribution in [2.45, 2.75) is 13.5 Å². The van der Waals surface area contributed by atoms with E-state index in [0.717, 1.165) is 15.9 Å². The van der Waals surface area contributed by atoms with Gasteiger partial charge in [0.2, 0.25) is 0 Å². The van der Waals surface area contributed by atoms with E-state index >= 15 is 0 Å². The molecule has 0 amide bonds. The molecule has 1 heterocycles. The Bertz CT molecular complexity index is 577. The minimum Gasteiger partial charge on any atom is -0.395 e. The standard InChI is InChI=1S/C14H17BrN4O/c1-10-18-13(16-6-7-20)8-14(19-10)17-9-11-4-2-3-5-12(11)15/h2-5,8,20H,6-7,9H2,1H3,(H2,16,17,18,19). The highest BCUT2D eigenvalue weighted by Gasteiger charge is 2.03. The van der Waals surface area contributed by atoms with Crippen LogP contribution in [0.5, 0.6) is 0 Å². The Morgan fingerprint density at radius 2 is 1.85 bits per heavy atom. The minimum absolute atomic E-state index is 0.0722. The van der Waals surface area contributed by atoms with E-state index in [1.54, 1.807) is 0 Å². The predicted molar refractivity (Wildman–Crippen MR) is 83.8 cm³/mol. The van der Waals surface area contributed by atoms with Crippen molar-refractivity contribution in [3.8, 4) is 0 Å². The molecule has 3 N–H and O–H groups in total. The van der Waals surface area contributed by atoms with Gasteiger partial charge in [0.25, 0.3) is 0 Å². The van der Waals surface area contributed by atoms with E-state index < -0.39 is 0 Å². The highest BCUT2D eigenvalue weighted by molar-refractivity contribution is 9.10. The van der Waals surface area contributed by atoms with E-state index in [4.69, 9.17) is 5.11 Å². The smallest absolute Gasteiger partial charge is 0.132 e. The van der Waals surface area contributed by atoms with E-state index in [2.05, 4.69) is 42.6 Å². The lowest BCUT2D eigenvalue weighted by Gasteiger charge is -2.10. The van der Waals surface area contributed by atoms with Crippen LogP contribution >= 0.6 is 15.9 Å². The van der Waals surface area contributed by atoms with Crippen LogP contribution < -0.4 is 10.6 Å².